The number of rotatable bonds is 9. The van der Waals surface area contributed by atoms with E-state index in [4.69, 9.17) is 9.47 Å². The molecule has 29 heavy (non-hydrogen) atoms. The van der Waals surface area contributed by atoms with Crippen molar-refractivity contribution in [1.29, 1.82) is 0 Å². The third-order valence-electron chi connectivity index (χ3n) is 4.03. The minimum absolute atomic E-state index is 0.0234. The van der Waals surface area contributed by atoms with Crippen LogP contribution in [0.3, 0.4) is 0 Å². The number of thioether (sulfide) groups is 1. The van der Waals surface area contributed by atoms with Crippen LogP contribution in [0.15, 0.2) is 52.9 Å². The van der Waals surface area contributed by atoms with Gasteiger partial charge >= 0.3 is 0 Å². The number of methoxy groups -OCH3 is 2. The number of ether oxygens (including phenoxy) is 2. The molecule has 1 amide bonds. The van der Waals surface area contributed by atoms with Crippen LogP contribution in [0.5, 0.6) is 11.5 Å². The lowest BCUT2D eigenvalue weighted by atomic mass is 10.2. The number of hydrogen-bond acceptors (Lipinski definition) is 8. The quantitative estimate of drug-likeness (QED) is 0.513. The molecule has 3 aromatic rings. The Balaban J connectivity index is 1.51. The molecule has 0 saturated carbocycles. The molecule has 1 aromatic heterocycles. The van der Waals surface area contributed by atoms with Gasteiger partial charge in [0.05, 0.1) is 20.0 Å². The molecule has 3 rings (SSSR count). The monoisotopic (exact) mass is 430 g/mol. The van der Waals surface area contributed by atoms with Gasteiger partial charge in [0, 0.05) is 25.3 Å². The summed E-state index contributed by atoms with van der Waals surface area (Å²) in [4.78, 5) is 14.1. The van der Waals surface area contributed by atoms with E-state index in [9.17, 15) is 4.79 Å². The fourth-order valence-electron chi connectivity index (χ4n) is 2.51. The van der Waals surface area contributed by atoms with Crippen LogP contribution in [-0.2, 0) is 11.3 Å². The summed E-state index contributed by atoms with van der Waals surface area (Å²) in [5, 5.41) is 12.1. The summed E-state index contributed by atoms with van der Waals surface area (Å²) in [6.45, 7) is 0.523. The van der Waals surface area contributed by atoms with Gasteiger partial charge in [-0.3, -0.25) is 4.79 Å². The Morgan fingerprint density at radius 1 is 1.10 bits per heavy atom. The van der Waals surface area contributed by atoms with E-state index in [1.165, 1.54) is 23.1 Å². The molecular weight excluding hydrogens is 408 g/mol. The highest BCUT2D eigenvalue weighted by Crippen LogP contribution is 2.29. The number of hydrogen-bond donors (Lipinski definition) is 1. The summed E-state index contributed by atoms with van der Waals surface area (Å²) in [6, 6.07) is 15.3. The van der Waals surface area contributed by atoms with Gasteiger partial charge in [-0.15, -0.1) is 10.2 Å². The molecule has 1 N–H and O–H groups in total. The molecule has 0 bridgehead atoms. The Morgan fingerprint density at radius 2 is 1.83 bits per heavy atom. The maximum Gasteiger partial charge on any atom is 0.233 e. The second-order valence-corrected chi connectivity index (χ2v) is 8.32. The average Bonchev–Trinajstić information content (AvgIpc) is 3.19. The average molecular weight is 431 g/mol. The minimum Gasteiger partial charge on any atom is -0.497 e. The topological polar surface area (TPSA) is 76.6 Å². The molecule has 0 radical (unpaired) electrons. The molecule has 0 spiro atoms. The van der Waals surface area contributed by atoms with Gasteiger partial charge in [-0.05, 0) is 29.8 Å². The molecule has 0 atom stereocenters. The van der Waals surface area contributed by atoms with E-state index >= 15 is 0 Å². The predicted molar refractivity (Wildman–Crippen MR) is 116 cm³/mol. The SMILES string of the molecule is COc1cccc(CN(C)C(=O)CSc2nnc(Nc3cccc(OC)c3)s2)c1. The Labute approximate surface area is 178 Å². The van der Waals surface area contributed by atoms with Crippen LogP contribution < -0.4 is 14.8 Å². The Kier molecular flexibility index (Phi) is 7.31. The molecule has 0 fully saturated rings. The zero-order chi connectivity index (χ0) is 20.6. The summed E-state index contributed by atoms with van der Waals surface area (Å²) in [7, 11) is 5.05. The summed E-state index contributed by atoms with van der Waals surface area (Å²) >= 11 is 2.78. The van der Waals surface area contributed by atoms with Crippen molar-refractivity contribution in [2.45, 2.75) is 10.9 Å². The number of carbonyl (C=O) groups excluding carboxylic acids is 1. The predicted octanol–water partition coefficient (Wildman–Crippen LogP) is 4.05. The zero-order valence-corrected chi connectivity index (χ0v) is 18.0. The van der Waals surface area contributed by atoms with Crippen molar-refractivity contribution < 1.29 is 14.3 Å². The van der Waals surface area contributed by atoms with Crippen LogP contribution in [0, 0.1) is 0 Å². The van der Waals surface area contributed by atoms with Crippen molar-refractivity contribution in [2.75, 3.05) is 32.3 Å². The molecule has 0 saturated heterocycles. The highest BCUT2D eigenvalue weighted by atomic mass is 32.2. The van der Waals surface area contributed by atoms with E-state index < -0.39 is 0 Å². The Bertz CT molecular complexity index is 964. The maximum absolute atomic E-state index is 12.4. The summed E-state index contributed by atoms with van der Waals surface area (Å²) in [5.41, 5.74) is 1.89. The van der Waals surface area contributed by atoms with E-state index in [1.54, 1.807) is 26.2 Å². The Morgan fingerprint density at radius 3 is 2.59 bits per heavy atom. The van der Waals surface area contributed by atoms with Gasteiger partial charge in [-0.2, -0.15) is 0 Å². The van der Waals surface area contributed by atoms with Gasteiger partial charge in [-0.25, -0.2) is 0 Å². The number of nitrogens with zero attached hydrogens (tertiary/aromatic N) is 3. The minimum atomic E-state index is 0.0234. The normalized spacial score (nSPS) is 10.4. The largest absolute Gasteiger partial charge is 0.497 e. The lowest BCUT2D eigenvalue weighted by molar-refractivity contribution is -0.127. The van der Waals surface area contributed by atoms with Gasteiger partial charge in [0.1, 0.15) is 11.5 Å². The molecule has 9 heteroatoms. The first-order valence-electron chi connectivity index (χ1n) is 8.81. The van der Waals surface area contributed by atoms with E-state index in [0.29, 0.717) is 17.4 Å². The molecule has 0 aliphatic heterocycles. The molecule has 7 nitrogen and oxygen atoms in total. The van der Waals surface area contributed by atoms with Gasteiger partial charge in [0.2, 0.25) is 11.0 Å². The fraction of sp³-hybridized carbons (Fsp3) is 0.250. The molecule has 152 valence electrons. The summed E-state index contributed by atoms with van der Waals surface area (Å²) < 4.78 is 11.2. The maximum atomic E-state index is 12.4. The van der Waals surface area contributed by atoms with E-state index in [1.807, 2.05) is 48.5 Å². The molecule has 2 aromatic carbocycles. The fourth-order valence-corrected chi connectivity index (χ4v) is 4.22. The Hall–Kier alpha value is -2.78. The van der Waals surface area contributed by atoms with Gasteiger partial charge in [0.15, 0.2) is 4.34 Å². The molecule has 1 heterocycles. The summed E-state index contributed by atoms with van der Waals surface area (Å²) in [6.07, 6.45) is 0. The van der Waals surface area contributed by atoms with Crippen LogP contribution in [0.4, 0.5) is 10.8 Å². The van der Waals surface area contributed by atoms with Gasteiger partial charge < -0.3 is 19.7 Å². The molecule has 0 unspecified atom stereocenters. The number of carbonyl (C=O) groups is 1. The lowest BCUT2D eigenvalue weighted by Crippen LogP contribution is -2.27. The van der Waals surface area contributed by atoms with Gasteiger partial charge in [-0.1, -0.05) is 41.3 Å². The van der Waals surface area contributed by atoms with Crippen molar-refractivity contribution in [2.24, 2.45) is 0 Å². The van der Waals surface area contributed by atoms with Crippen LogP contribution in [0.2, 0.25) is 0 Å². The van der Waals surface area contributed by atoms with Crippen molar-refractivity contribution >= 4 is 39.8 Å². The van der Waals surface area contributed by atoms with Crippen LogP contribution in [0.1, 0.15) is 5.56 Å². The van der Waals surface area contributed by atoms with E-state index in [2.05, 4.69) is 15.5 Å². The van der Waals surface area contributed by atoms with E-state index in [-0.39, 0.29) is 5.91 Å². The third-order valence-corrected chi connectivity index (χ3v) is 5.98. The van der Waals surface area contributed by atoms with Crippen LogP contribution >= 0.6 is 23.1 Å². The highest BCUT2D eigenvalue weighted by molar-refractivity contribution is 8.01. The first kappa shape index (κ1) is 20.9. The highest BCUT2D eigenvalue weighted by Gasteiger charge is 2.13. The number of nitrogens with one attached hydrogen (secondary N) is 1. The van der Waals surface area contributed by atoms with Crippen molar-refractivity contribution in [3.05, 3.63) is 54.1 Å². The van der Waals surface area contributed by atoms with Crippen molar-refractivity contribution in [3.8, 4) is 11.5 Å². The van der Waals surface area contributed by atoms with E-state index in [0.717, 1.165) is 27.1 Å². The first-order chi connectivity index (χ1) is 14.1. The standard InChI is InChI=1S/C20H22N4O3S2/c1-24(12-14-6-4-8-16(10-14)26-2)18(25)13-28-20-23-22-19(29-20)21-15-7-5-9-17(11-15)27-3/h4-11H,12-13H2,1-3H3,(H,21,22). The number of anilines is 2. The number of amides is 1. The number of benzene rings is 2. The second-order valence-electron chi connectivity index (χ2n) is 6.12. The second kappa shape index (κ2) is 10.1. The first-order valence-corrected chi connectivity index (χ1v) is 10.6. The molecule has 0 aliphatic carbocycles. The van der Waals surface area contributed by atoms with Crippen LogP contribution in [-0.4, -0.2) is 48.0 Å². The third kappa shape index (κ3) is 6.10. The smallest absolute Gasteiger partial charge is 0.233 e. The van der Waals surface area contributed by atoms with Crippen LogP contribution in [0.25, 0.3) is 0 Å². The van der Waals surface area contributed by atoms with Crippen molar-refractivity contribution in [3.63, 3.8) is 0 Å². The number of aromatic nitrogens is 2. The van der Waals surface area contributed by atoms with Crippen molar-refractivity contribution in [1.82, 2.24) is 15.1 Å². The summed E-state index contributed by atoms with van der Waals surface area (Å²) in [5.74, 6) is 1.87. The molecular formula is C20H22N4O3S2. The molecule has 0 aliphatic rings. The zero-order valence-electron chi connectivity index (χ0n) is 16.4. The lowest BCUT2D eigenvalue weighted by Gasteiger charge is -2.17. The van der Waals surface area contributed by atoms with Gasteiger partial charge in [0.25, 0.3) is 0 Å².